The number of carboxylic acid groups (broad SMARTS) is 1. The molecular weight excluding hydrogens is 206 g/mol. The van der Waals surface area contributed by atoms with E-state index in [1.165, 1.54) is 12.3 Å². The molecule has 0 spiro atoms. The highest BCUT2D eigenvalue weighted by Gasteiger charge is 2.09. The van der Waals surface area contributed by atoms with Gasteiger partial charge in [-0.25, -0.2) is 4.79 Å². The van der Waals surface area contributed by atoms with Crippen molar-refractivity contribution in [2.45, 2.75) is 6.92 Å². The molecular formula is C12H11NO3. The van der Waals surface area contributed by atoms with E-state index in [1.807, 2.05) is 6.92 Å². The van der Waals surface area contributed by atoms with Gasteiger partial charge in [-0.05, 0) is 31.2 Å². The van der Waals surface area contributed by atoms with Crippen LogP contribution in [-0.2, 0) is 0 Å². The number of pyridine rings is 1. The van der Waals surface area contributed by atoms with Gasteiger partial charge < -0.3 is 9.84 Å². The van der Waals surface area contributed by atoms with Crippen LogP contribution in [0.4, 0.5) is 0 Å². The van der Waals surface area contributed by atoms with Gasteiger partial charge in [-0.15, -0.1) is 0 Å². The van der Waals surface area contributed by atoms with Gasteiger partial charge in [-0.1, -0.05) is 0 Å². The van der Waals surface area contributed by atoms with E-state index < -0.39 is 5.97 Å². The van der Waals surface area contributed by atoms with Gasteiger partial charge in [0.15, 0.2) is 0 Å². The van der Waals surface area contributed by atoms with E-state index in [0.717, 1.165) is 0 Å². The van der Waals surface area contributed by atoms with Crippen molar-refractivity contribution in [2.24, 2.45) is 0 Å². The molecule has 0 aliphatic heterocycles. The largest absolute Gasteiger partial charge is 0.494 e. The SMILES string of the molecule is CCOc1ccc2nccc(C(=O)O)c2c1. The molecule has 2 rings (SSSR count). The maximum atomic E-state index is 11.0. The second-order valence-corrected chi connectivity index (χ2v) is 3.28. The lowest BCUT2D eigenvalue weighted by molar-refractivity contribution is 0.0699. The van der Waals surface area contributed by atoms with Gasteiger partial charge >= 0.3 is 5.97 Å². The summed E-state index contributed by atoms with van der Waals surface area (Å²) in [5, 5.41) is 9.63. The summed E-state index contributed by atoms with van der Waals surface area (Å²) in [5.74, 6) is -0.299. The Morgan fingerprint density at radius 3 is 2.94 bits per heavy atom. The Morgan fingerprint density at radius 2 is 2.25 bits per heavy atom. The number of nitrogens with zero attached hydrogens (tertiary/aromatic N) is 1. The smallest absolute Gasteiger partial charge is 0.336 e. The zero-order valence-electron chi connectivity index (χ0n) is 8.80. The Kier molecular flexibility index (Phi) is 2.72. The normalized spacial score (nSPS) is 10.3. The van der Waals surface area contributed by atoms with Crippen LogP contribution in [0.3, 0.4) is 0 Å². The molecule has 4 nitrogen and oxygen atoms in total. The summed E-state index contributed by atoms with van der Waals surface area (Å²) >= 11 is 0. The number of benzene rings is 1. The van der Waals surface area contributed by atoms with Crippen LogP contribution < -0.4 is 4.74 Å². The van der Waals surface area contributed by atoms with Gasteiger partial charge in [0.1, 0.15) is 5.75 Å². The van der Waals surface area contributed by atoms with Gasteiger partial charge in [0.25, 0.3) is 0 Å². The van der Waals surface area contributed by atoms with E-state index in [4.69, 9.17) is 9.84 Å². The monoisotopic (exact) mass is 217 g/mol. The van der Waals surface area contributed by atoms with Gasteiger partial charge in [0.05, 0.1) is 17.7 Å². The number of carboxylic acids is 1. The summed E-state index contributed by atoms with van der Waals surface area (Å²) in [6.07, 6.45) is 1.49. The predicted octanol–water partition coefficient (Wildman–Crippen LogP) is 2.33. The second-order valence-electron chi connectivity index (χ2n) is 3.28. The van der Waals surface area contributed by atoms with Crippen molar-refractivity contribution in [1.82, 2.24) is 4.98 Å². The van der Waals surface area contributed by atoms with E-state index in [0.29, 0.717) is 23.3 Å². The molecule has 82 valence electrons. The summed E-state index contributed by atoms with van der Waals surface area (Å²) in [7, 11) is 0. The molecule has 1 heterocycles. The minimum atomic E-state index is -0.957. The highest BCUT2D eigenvalue weighted by molar-refractivity contribution is 6.02. The van der Waals surface area contributed by atoms with Gasteiger partial charge in [-0.3, -0.25) is 4.98 Å². The van der Waals surface area contributed by atoms with E-state index in [1.54, 1.807) is 18.2 Å². The zero-order valence-corrected chi connectivity index (χ0v) is 8.80. The molecule has 1 N–H and O–H groups in total. The first-order valence-corrected chi connectivity index (χ1v) is 4.97. The third-order valence-electron chi connectivity index (χ3n) is 2.25. The molecule has 1 aromatic heterocycles. The van der Waals surface area contributed by atoms with E-state index in [9.17, 15) is 4.79 Å². The molecule has 0 bridgehead atoms. The Labute approximate surface area is 92.5 Å². The summed E-state index contributed by atoms with van der Waals surface area (Å²) in [4.78, 5) is 15.1. The number of aromatic nitrogens is 1. The number of hydrogen-bond donors (Lipinski definition) is 1. The molecule has 0 atom stereocenters. The molecule has 0 radical (unpaired) electrons. The van der Waals surface area contributed by atoms with E-state index in [2.05, 4.69) is 4.98 Å². The number of hydrogen-bond acceptors (Lipinski definition) is 3. The topological polar surface area (TPSA) is 59.4 Å². The highest BCUT2D eigenvalue weighted by Crippen LogP contribution is 2.22. The van der Waals surface area contributed by atoms with E-state index in [-0.39, 0.29) is 5.56 Å². The molecule has 0 aliphatic carbocycles. The number of ether oxygens (including phenoxy) is 1. The van der Waals surface area contributed by atoms with Crippen LogP contribution in [0.15, 0.2) is 30.5 Å². The molecule has 0 saturated carbocycles. The van der Waals surface area contributed by atoms with Crippen molar-refractivity contribution < 1.29 is 14.6 Å². The van der Waals surface area contributed by atoms with Gasteiger partial charge in [0, 0.05) is 11.6 Å². The number of fused-ring (bicyclic) bond motifs is 1. The number of carbonyl (C=O) groups is 1. The van der Waals surface area contributed by atoms with Crippen LogP contribution >= 0.6 is 0 Å². The fraction of sp³-hybridized carbons (Fsp3) is 0.167. The average Bonchev–Trinajstić information content (AvgIpc) is 2.28. The standard InChI is InChI=1S/C12H11NO3/c1-2-16-8-3-4-11-10(7-8)9(12(14)15)5-6-13-11/h3-7H,2H2,1H3,(H,14,15). The molecule has 4 heteroatoms. The Hall–Kier alpha value is -2.10. The lowest BCUT2D eigenvalue weighted by atomic mass is 10.1. The Morgan fingerprint density at radius 1 is 1.44 bits per heavy atom. The predicted molar refractivity (Wildman–Crippen MR) is 59.9 cm³/mol. The average molecular weight is 217 g/mol. The first kappa shape index (κ1) is 10.4. The molecule has 2 aromatic rings. The molecule has 0 fully saturated rings. The van der Waals surface area contributed by atoms with Crippen molar-refractivity contribution >= 4 is 16.9 Å². The highest BCUT2D eigenvalue weighted by atomic mass is 16.5. The molecule has 1 aromatic carbocycles. The van der Waals surface area contributed by atoms with Crippen LogP contribution in [0.5, 0.6) is 5.75 Å². The van der Waals surface area contributed by atoms with Crippen molar-refractivity contribution in [3.05, 3.63) is 36.0 Å². The molecule has 0 aliphatic rings. The van der Waals surface area contributed by atoms with Crippen LogP contribution in [-0.4, -0.2) is 22.7 Å². The lowest BCUT2D eigenvalue weighted by Gasteiger charge is -2.05. The van der Waals surface area contributed by atoms with Crippen molar-refractivity contribution in [3.8, 4) is 5.75 Å². The first-order valence-electron chi connectivity index (χ1n) is 4.97. The molecule has 0 unspecified atom stereocenters. The first-order chi connectivity index (χ1) is 7.72. The van der Waals surface area contributed by atoms with Gasteiger partial charge in [0.2, 0.25) is 0 Å². The second kappa shape index (κ2) is 4.18. The van der Waals surface area contributed by atoms with Crippen LogP contribution in [0.1, 0.15) is 17.3 Å². The maximum absolute atomic E-state index is 11.0. The zero-order chi connectivity index (χ0) is 11.5. The minimum Gasteiger partial charge on any atom is -0.494 e. The molecule has 16 heavy (non-hydrogen) atoms. The summed E-state index contributed by atoms with van der Waals surface area (Å²) in [6.45, 7) is 2.43. The number of aromatic carboxylic acids is 1. The maximum Gasteiger partial charge on any atom is 0.336 e. The van der Waals surface area contributed by atoms with Crippen LogP contribution in [0.25, 0.3) is 10.9 Å². The lowest BCUT2D eigenvalue weighted by Crippen LogP contribution is -1.99. The summed E-state index contributed by atoms with van der Waals surface area (Å²) < 4.78 is 5.33. The quantitative estimate of drug-likeness (QED) is 0.857. The van der Waals surface area contributed by atoms with Gasteiger partial charge in [-0.2, -0.15) is 0 Å². The van der Waals surface area contributed by atoms with Crippen molar-refractivity contribution in [1.29, 1.82) is 0 Å². The Bertz CT molecular complexity index is 537. The fourth-order valence-corrected chi connectivity index (χ4v) is 1.57. The number of rotatable bonds is 3. The van der Waals surface area contributed by atoms with E-state index >= 15 is 0 Å². The third kappa shape index (κ3) is 1.82. The molecule has 0 saturated heterocycles. The van der Waals surface area contributed by atoms with Crippen molar-refractivity contribution in [2.75, 3.05) is 6.61 Å². The summed E-state index contributed by atoms with van der Waals surface area (Å²) in [5.41, 5.74) is 0.898. The minimum absolute atomic E-state index is 0.242. The van der Waals surface area contributed by atoms with Crippen molar-refractivity contribution in [3.63, 3.8) is 0 Å². The Balaban J connectivity index is 2.63. The fourth-order valence-electron chi connectivity index (χ4n) is 1.57. The third-order valence-corrected chi connectivity index (χ3v) is 2.25. The molecule has 0 amide bonds. The summed E-state index contributed by atoms with van der Waals surface area (Å²) in [6, 6.07) is 6.73. The van der Waals surface area contributed by atoms with Crippen LogP contribution in [0.2, 0.25) is 0 Å². The van der Waals surface area contributed by atoms with Crippen LogP contribution in [0, 0.1) is 0 Å².